The first-order valence-electron chi connectivity index (χ1n) is 6.17. The molecule has 0 aromatic carbocycles. The fourth-order valence-corrected chi connectivity index (χ4v) is 3.52. The van der Waals surface area contributed by atoms with Crippen molar-refractivity contribution in [3.05, 3.63) is 43.9 Å². The number of amides is 1. The molecule has 0 aliphatic rings. The summed E-state index contributed by atoms with van der Waals surface area (Å²) in [5.41, 5.74) is 0.992. The van der Waals surface area contributed by atoms with E-state index >= 15 is 0 Å². The molecular formula is C14H14BrNO4S. The van der Waals surface area contributed by atoms with Crippen molar-refractivity contribution in [2.45, 2.75) is 19.9 Å². The molecule has 2 heterocycles. The number of nitrogens with zero attached hydrogens (tertiary/aromatic N) is 1. The normalized spacial score (nSPS) is 10.6. The molecule has 5 nitrogen and oxygen atoms in total. The van der Waals surface area contributed by atoms with Gasteiger partial charge in [0.05, 0.1) is 22.2 Å². The first-order chi connectivity index (χ1) is 9.88. The molecule has 0 aliphatic heterocycles. The lowest BCUT2D eigenvalue weighted by atomic mass is 10.1. The summed E-state index contributed by atoms with van der Waals surface area (Å²) in [7, 11) is 1.69. The van der Waals surface area contributed by atoms with Crippen LogP contribution in [0.25, 0.3) is 0 Å². The molecular weight excluding hydrogens is 358 g/mol. The third kappa shape index (κ3) is 3.74. The summed E-state index contributed by atoms with van der Waals surface area (Å²) in [5.74, 6) is -1.06. The Morgan fingerprint density at radius 1 is 1.43 bits per heavy atom. The van der Waals surface area contributed by atoms with Gasteiger partial charge >= 0.3 is 5.97 Å². The Labute approximate surface area is 134 Å². The number of hydrogen-bond donors (Lipinski definition) is 1. The van der Waals surface area contributed by atoms with Gasteiger partial charge in [0.25, 0.3) is 5.91 Å². The SMILES string of the molecule is Cc1coc(CC(=O)O)c1C(=O)N(C)Cc1ccc(Br)s1. The van der Waals surface area contributed by atoms with Gasteiger partial charge < -0.3 is 14.4 Å². The van der Waals surface area contributed by atoms with Gasteiger partial charge in [-0.2, -0.15) is 0 Å². The van der Waals surface area contributed by atoms with Crippen molar-refractivity contribution < 1.29 is 19.1 Å². The highest BCUT2D eigenvalue weighted by molar-refractivity contribution is 9.11. The van der Waals surface area contributed by atoms with Crippen molar-refractivity contribution in [2.24, 2.45) is 0 Å². The number of carboxylic acids is 1. The quantitative estimate of drug-likeness (QED) is 0.874. The molecule has 0 atom stereocenters. The Morgan fingerprint density at radius 2 is 2.14 bits per heavy atom. The molecule has 7 heteroatoms. The largest absolute Gasteiger partial charge is 0.481 e. The molecule has 0 spiro atoms. The number of furan rings is 1. The molecule has 0 saturated carbocycles. The summed E-state index contributed by atoms with van der Waals surface area (Å²) >= 11 is 4.94. The van der Waals surface area contributed by atoms with Crippen LogP contribution in [0.15, 0.2) is 26.6 Å². The summed E-state index contributed by atoms with van der Waals surface area (Å²) < 4.78 is 6.20. The van der Waals surface area contributed by atoms with Crippen LogP contribution in [0.4, 0.5) is 0 Å². The number of aryl methyl sites for hydroxylation is 1. The molecule has 2 aromatic heterocycles. The molecule has 1 N–H and O–H groups in total. The van der Waals surface area contributed by atoms with Crippen LogP contribution in [-0.2, 0) is 17.8 Å². The molecule has 21 heavy (non-hydrogen) atoms. The standard InChI is InChI=1S/C14H14BrNO4S/c1-8-7-20-10(5-12(17)18)13(8)14(19)16(2)6-9-3-4-11(15)21-9/h3-4,7H,5-6H2,1-2H3,(H,17,18). The summed E-state index contributed by atoms with van der Waals surface area (Å²) in [6.07, 6.45) is 1.12. The van der Waals surface area contributed by atoms with E-state index in [1.54, 1.807) is 30.2 Å². The number of rotatable bonds is 5. The smallest absolute Gasteiger partial charge is 0.311 e. The number of thiophene rings is 1. The van der Waals surface area contributed by atoms with Crippen molar-refractivity contribution in [1.29, 1.82) is 0 Å². The fourth-order valence-electron chi connectivity index (χ4n) is 1.99. The first-order valence-corrected chi connectivity index (χ1v) is 7.78. The Hall–Kier alpha value is -1.60. The van der Waals surface area contributed by atoms with Crippen molar-refractivity contribution in [3.63, 3.8) is 0 Å². The first kappa shape index (κ1) is 15.8. The van der Waals surface area contributed by atoms with Crippen LogP contribution in [-0.4, -0.2) is 28.9 Å². The van der Waals surface area contributed by atoms with Crippen molar-refractivity contribution in [3.8, 4) is 0 Å². The molecule has 0 bridgehead atoms. The summed E-state index contributed by atoms with van der Waals surface area (Å²) in [5, 5.41) is 8.87. The van der Waals surface area contributed by atoms with E-state index in [1.165, 1.54) is 6.26 Å². The third-order valence-electron chi connectivity index (χ3n) is 2.95. The van der Waals surface area contributed by atoms with Gasteiger partial charge in [0.15, 0.2) is 0 Å². The molecule has 0 radical (unpaired) electrons. The van der Waals surface area contributed by atoms with Gasteiger partial charge in [-0.3, -0.25) is 9.59 Å². The van der Waals surface area contributed by atoms with Crippen LogP contribution in [0.3, 0.4) is 0 Å². The van der Waals surface area contributed by atoms with Crippen molar-refractivity contribution in [1.82, 2.24) is 4.90 Å². The highest BCUT2D eigenvalue weighted by atomic mass is 79.9. The maximum atomic E-state index is 12.5. The maximum absolute atomic E-state index is 12.5. The van der Waals surface area contributed by atoms with E-state index in [2.05, 4.69) is 15.9 Å². The molecule has 0 unspecified atom stereocenters. The van der Waals surface area contributed by atoms with Crippen LogP contribution < -0.4 is 0 Å². The molecule has 2 aromatic rings. The predicted octanol–water partition coefficient (Wildman–Crippen LogP) is 3.31. The highest BCUT2D eigenvalue weighted by Gasteiger charge is 2.23. The van der Waals surface area contributed by atoms with Gasteiger partial charge in [-0.1, -0.05) is 0 Å². The van der Waals surface area contributed by atoms with Gasteiger partial charge in [-0.05, 0) is 35.0 Å². The van der Waals surface area contributed by atoms with Gasteiger partial charge in [0.1, 0.15) is 12.2 Å². The lowest BCUT2D eigenvalue weighted by Crippen LogP contribution is -2.27. The zero-order valence-corrected chi connectivity index (χ0v) is 14.0. The molecule has 0 fully saturated rings. The second-order valence-electron chi connectivity index (χ2n) is 4.65. The number of aliphatic carboxylic acids is 1. The second kappa shape index (κ2) is 6.44. The van der Waals surface area contributed by atoms with Crippen LogP contribution >= 0.6 is 27.3 Å². The third-order valence-corrected chi connectivity index (χ3v) is 4.55. The van der Waals surface area contributed by atoms with E-state index < -0.39 is 5.97 Å². The molecule has 0 aliphatic carbocycles. The number of hydrogen-bond acceptors (Lipinski definition) is 4. The summed E-state index contributed by atoms with van der Waals surface area (Å²) in [4.78, 5) is 25.9. The zero-order valence-electron chi connectivity index (χ0n) is 11.6. The van der Waals surface area contributed by atoms with Gasteiger partial charge in [-0.15, -0.1) is 11.3 Å². The average molecular weight is 372 g/mol. The predicted molar refractivity (Wildman–Crippen MR) is 82.6 cm³/mol. The number of carboxylic acid groups (broad SMARTS) is 1. The Morgan fingerprint density at radius 3 is 2.71 bits per heavy atom. The van der Waals surface area contributed by atoms with Crippen LogP contribution in [0, 0.1) is 6.92 Å². The van der Waals surface area contributed by atoms with E-state index in [9.17, 15) is 9.59 Å². The van der Waals surface area contributed by atoms with E-state index in [4.69, 9.17) is 9.52 Å². The Bertz CT molecular complexity index is 676. The van der Waals surface area contributed by atoms with E-state index in [0.29, 0.717) is 17.7 Å². The van der Waals surface area contributed by atoms with E-state index in [0.717, 1.165) is 8.66 Å². The highest BCUT2D eigenvalue weighted by Crippen LogP contribution is 2.25. The van der Waals surface area contributed by atoms with Crippen LogP contribution in [0.5, 0.6) is 0 Å². The molecule has 112 valence electrons. The van der Waals surface area contributed by atoms with Crippen LogP contribution in [0.2, 0.25) is 0 Å². The summed E-state index contributed by atoms with van der Waals surface area (Å²) in [6, 6.07) is 3.87. The average Bonchev–Trinajstić information content (AvgIpc) is 2.95. The maximum Gasteiger partial charge on any atom is 0.311 e. The Balaban J connectivity index is 2.19. The van der Waals surface area contributed by atoms with Gasteiger partial charge in [-0.25, -0.2) is 0 Å². The van der Waals surface area contributed by atoms with Gasteiger partial charge in [0.2, 0.25) is 0 Å². The number of carbonyl (C=O) groups is 2. The Kier molecular flexibility index (Phi) is 4.84. The molecule has 1 amide bonds. The minimum absolute atomic E-state index is 0.198. The topological polar surface area (TPSA) is 70.7 Å². The second-order valence-corrected chi connectivity index (χ2v) is 7.20. The molecule has 2 rings (SSSR count). The number of halogens is 1. The molecule has 0 saturated heterocycles. The zero-order chi connectivity index (χ0) is 15.6. The van der Waals surface area contributed by atoms with E-state index in [1.807, 2.05) is 12.1 Å². The minimum Gasteiger partial charge on any atom is -0.481 e. The monoisotopic (exact) mass is 371 g/mol. The van der Waals surface area contributed by atoms with Crippen LogP contribution in [0.1, 0.15) is 26.6 Å². The fraction of sp³-hybridized carbons (Fsp3) is 0.286. The lowest BCUT2D eigenvalue weighted by Gasteiger charge is -2.16. The van der Waals surface area contributed by atoms with E-state index in [-0.39, 0.29) is 18.1 Å². The van der Waals surface area contributed by atoms with Crippen molar-refractivity contribution >= 4 is 39.1 Å². The summed E-state index contributed by atoms with van der Waals surface area (Å²) in [6.45, 7) is 2.20. The minimum atomic E-state index is -1.02. The number of carbonyl (C=O) groups excluding carboxylic acids is 1. The van der Waals surface area contributed by atoms with Gasteiger partial charge in [0, 0.05) is 17.5 Å². The van der Waals surface area contributed by atoms with Crippen molar-refractivity contribution in [2.75, 3.05) is 7.05 Å². The lowest BCUT2D eigenvalue weighted by molar-refractivity contribution is -0.136.